The third-order valence-corrected chi connectivity index (χ3v) is 5.08. The van der Waals surface area contributed by atoms with Gasteiger partial charge >= 0.3 is 0 Å². The maximum absolute atomic E-state index is 12.5. The lowest BCUT2D eigenvalue weighted by Gasteiger charge is -2.28. The van der Waals surface area contributed by atoms with E-state index in [1.165, 1.54) is 4.70 Å². The number of nitrogens with zero attached hydrogens (tertiary/aromatic N) is 3. The Kier molecular flexibility index (Phi) is 4.08. The second-order valence-electron chi connectivity index (χ2n) is 6.85. The van der Waals surface area contributed by atoms with E-state index in [2.05, 4.69) is 23.1 Å². The lowest BCUT2D eigenvalue weighted by molar-refractivity contribution is -0.139. The monoisotopic (exact) mass is 317 g/mol. The zero-order valence-corrected chi connectivity index (χ0v) is 14.3. The summed E-state index contributed by atoms with van der Waals surface area (Å²) in [5.74, 6) is 0.249. The van der Waals surface area contributed by atoms with Gasteiger partial charge in [0.1, 0.15) is 0 Å². The van der Waals surface area contributed by atoms with E-state index in [-0.39, 0.29) is 11.3 Å². The van der Waals surface area contributed by atoms with Gasteiger partial charge in [0.05, 0.1) is 10.2 Å². The van der Waals surface area contributed by atoms with Crippen LogP contribution in [0.4, 0.5) is 5.13 Å². The van der Waals surface area contributed by atoms with Gasteiger partial charge in [-0.25, -0.2) is 4.98 Å². The predicted octanol–water partition coefficient (Wildman–Crippen LogP) is 3.38. The van der Waals surface area contributed by atoms with Crippen LogP contribution in [0.15, 0.2) is 24.3 Å². The highest BCUT2D eigenvalue weighted by atomic mass is 32.1. The van der Waals surface area contributed by atoms with E-state index in [0.29, 0.717) is 0 Å². The predicted molar refractivity (Wildman–Crippen MR) is 92.5 cm³/mol. The molecule has 4 nitrogen and oxygen atoms in total. The van der Waals surface area contributed by atoms with Gasteiger partial charge in [-0.15, -0.1) is 0 Å². The second-order valence-corrected chi connectivity index (χ2v) is 7.86. The molecule has 22 heavy (non-hydrogen) atoms. The molecule has 2 aromatic rings. The molecule has 0 bridgehead atoms. The van der Waals surface area contributed by atoms with Crippen molar-refractivity contribution >= 4 is 32.6 Å². The molecule has 0 unspecified atom stereocenters. The van der Waals surface area contributed by atoms with E-state index in [1.807, 2.05) is 31.7 Å². The summed E-state index contributed by atoms with van der Waals surface area (Å²) < 4.78 is 1.23. The Bertz CT molecular complexity index is 641. The van der Waals surface area contributed by atoms with Crippen molar-refractivity contribution in [3.8, 4) is 0 Å². The van der Waals surface area contributed by atoms with Gasteiger partial charge in [0.2, 0.25) is 5.91 Å². The Morgan fingerprint density at radius 1 is 1.14 bits per heavy atom. The van der Waals surface area contributed by atoms with Crippen molar-refractivity contribution in [1.29, 1.82) is 0 Å². The maximum atomic E-state index is 12.5. The number of hydrogen-bond donors (Lipinski definition) is 0. The van der Waals surface area contributed by atoms with Crippen molar-refractivity contribution in [1.82, 2.24) is 9.88 Å². The molecule has 1 aliphatic rings. The first-order chi connectivity index (χ1) is 10.4. The first kappa shape index (κ1) is 15.3. The summed E-state index contributed by atoms with van der Waals surface area (Å²) in [6.45, 7) is 9.43. The number of para-hydroxylation sites is 1. The van der Waals surface area contributed by atoms with Crippen molar-refractivity contribution < 1.29 is 4.79 Å². The van der Waals surface area contributed by atoms with Crippen LogP contribution in [0.5, 0.6) is 0 Å². The number of fused-ring (bicyclic) bond motifs is 1. The van der Waals surface area contributed by atoms with Crippen molar-refractivity contribution in [2.24, 2.45) is 5.41 Å². The number of benzene rings is 1. The zero-order chi connectivity index (χ0) is 15.7. The topological polar surface area (TPSA) is 36.4 Å². The third kappa shape index (κ3) is 3.09. The average molecular weight is 317 g/mol. The van der Waals surface area contributed by atoms with Crippen molar-refractivity contribution in [2.45, 2.75) is 27.2 Å². The SMILES string of the molecule is CC(C)(C)C(=O)N1CCCN(c2nc3ccccc3s2)CC1. The quantitative estimate of drug-likeness (QED) is 0.809. The number of amides is 1. The number of thiazole rings is 1. The van der Waals surface area contributed by atoms with Gasteiger partial charge in [-0.2, -0.15) is 0 Å². The van der Waals surface area contributed by atoms with Crippen LogP contribution in [0.3, 0.4) is 0 Å². The van der Waals surface area contributed by atoms with E-state index in [9.17, 15) is 4.79 Å². The lowest BCUT2D eigenvalue weighted by atomic mass is 9.94. The first-order valence-corrected chi connectivity index (χ1v) is 8.67. The molecule has 0 atom stereocenters. The van der Waals surface area contributed by atoms with E-state index in [4.69, 9.17) is 4.98 Å². The molecule has 1 aliphatic heterocycles. The summed E-state index contributed by atoms with van der Waals surface area (Å²) in [4.78, 5) is 21.5. The molecule has 5 heteroatoms. The molecule has 3 rings (SSSR count). The van der Waals surface area contributed by atoms with E-state index < -0.39 is 0 Å². The molecule has 1 fully saturated rings. The van der Waals surface area contributed by atoms with Crippen LogP contribution < -0.4 is 4.90 Å². The van der Waals surface area contributed by atoms with E-state index >= 15 is 0 Å². The van der Waals surface area contributed by atoms with Crippen molar-refractivity contribution in [3.05, 3.63) is 24.3 Å². The van der Waals surface area contributed by atoms with Gasteiger partial charge < -0.3 is 9.80 Å². The molecular weight excluding hydrogens is 294 g/mol. The molecule has 0 saturated carbocycles. The molecule has 0 N–H and O–H groups in total. The van der Waals surface area contributed by atoms with E-state index in [0.717, 1.165) is 43.2 Å². The second kappa shape index (κ2) is 5.88. The molecule has 0 aliphatic carbocycles. The highest BCUT2D eigenvalue weighted by molar-refractivity contribution is 7.22. The Morgan fingerprint density at radius 3 is 2.64 bits per heavy atom. The normalized spacial score (nSPS) is 16.9. The fourth-order valence-corrected chi connectivity index (χ4v) is 3.80. The van der Waals surface area contributed by atoms with Gasteiger partial charge in [-0.05, 0) is 18.6 Å². The third-order valence-electron chi connectivity index (χ3n) is 3.98. The fraction of sp³-hybridized carbons (Fsp3) is 0.529. The number of rotatable bonds is 1. The van der Waals surface area contributed by atoms with Crippen LogP contribution in [-0.2, 0) is 4.79 Å². The van der Waals surface area contributed by atoms with Gasteiger partial charge in [0, 0.05) is 31.6 Å². The van der Waals surface area contributed by atoms with E-state index in [1.54, 1.807) is 11.3 Å². The number of aromatic nitrogens is 1. The standard InChI is InChI=1S/C17H23N3OS/c1-17(2,3)15(21)19-9-6-10-20(12-11-19)16-18-13-7-4-5-8-14(13)22-16/h4-5,7-8H,6,9-12H2,1-3H3. The Morgan fingerprint density at radius 2 is 1.91 bits per heavy atom. The highest BCUT2D eigenvalue weighted by Gasteiger charge is 2.29. The summed E-state index contributed by atoms with van der Waals surface area (Å²) in [6.07, 6.45) is 0.998. The number of anilines is 1. The summed E-state index contributed by atoms with van der Waals surface area (Å²) in [5, 5.41) is 1.08. The molecule has 1 amide bonds. The zero-order valence-electron chi connectivity index (χ0n) is 13.5. The minimum atomic E-state index is -0.301. The number of carbonyl (C=O) groups excluding carboxylic acids is 1. The largest absolute Gasteiger partial charge is 0.346 e. The van der Waals surface area contributed by atoms with Crippen LogP contribution >= 0.6 is 11.3 Å². The maximum Gasteiger partial charge on any atom is 0.228 e. The average Bonchev–Trinajstić information content (AvgIpc) is 2.75. The minimum absolute atomic E-state index is 0.249. The summed E-state index contributed by atoms with van der Waals surface area (Å²) in [5.41, 5.74) is 0.764. The number of carbonyl (C=O) groups is 1. The summed E-state index contributed by atoms with van der Waals surface area (Å²) in [7, 11) is 0. The Labute approximate surface area is 135 Å². The molecule has 118 valence electrons. The molecule has 2 heterocycles. The molecule has 1 saturated heterocycles. The molecule has 1 aromatic heterocycles. The van der Waals surface area contributed by atoms with Crippen LogP contribution in [0, 0.1) is 5.41 Å². The number of hydrogen-bond acceptors (Lipinski definition) is 4. The summed E-state index contributed by atoms with van der Waals surface area (Å²) >= 11 is 1.74. The van der Waals surface area contributed by atoms with Crippen molar-refractivity contribution in [3.63, 3.8) is 0 Å². The van der Waals surface area contributed by atoms with Crippen LogP contribution in [0.1, 0.15) is 27.2 Å². The fourth-order valence-electron chi connectivity index (χ4n) is 2.78. The first-order valence-electron chi connectivity index (χ1n) is 7.85. The lowest BCUT2D eigenvalue weighted by Crippen LogP contribution is -2.41. The van der Waals surface area contributed by atoms with Gasteiger partial charge in [-0.1, -0.05) is 44.2 Å². The van der Waals surface area contributed by atoms with Gasteiger partial charge in [-0.3, -0.25) is 4.79 Å². The Hall–Kier alpha value is -1.62. The highest BCUT2D eigenvalue weighted by Crippen LogP contribution is 2.29. The smallest absolute Gasteiger partial charge is 0.228 e. The minimum Gasteiger partial charge on any atom is -0.346 e. The van der Waals surface area contributed by atoms with Gasteiger partial charge in [0.15, 0.2) is 5.13 Å². The molecule has 0 spiro atoms. The summed E-state index contributed by atoms with van der Waals surface area (Å²) in [6, 6.07) is 8.25. The molecule has 1 aromatic carbocycles. The van der Waals surface area contributed by atoms with Crippen molar-refractivity contribution in [2.75, 3.05) is 31.1 Å². The molecular formula is C17H23N3OS. The Balaban J connectivity index is 1.74. The van der Waals surface area contributed by atoms with Crippen LogP contribution in [0.2, 0.25) is 0 Å². The van der Waals surface area contributed by atoms with Crippen LogP contribution in [-0.4, -0.2) is 42.0 Å². The molecule has 0 radical (unpaired) electrons. The van der Waals surface area contributed by atoms with Gasteiger partial charge in [0.25, 0.3) is 0 Å². The van der Waals surface area contributed by atoms with Crippen LogP contribution in [0.25, 0.3) is 10.2 Å².